The van der Waals surface area contributed by atoms with Gasteiger partial charge in [0.2, 0.25) is 11.8 Å². The van der Waals surface area contributed by atoms with Gasteiger partial charge in [0.05, 0.1) is 13.2 Å². The molecule has 1 N–H and O–H groups in total. The Kier molecular flexibility index (Phi) is 5.18. The van der Waals surface area contributed by atoms with E-state index in [4.69, 9.17) is 9.47 Å². The standard InChI is InChI=1S/C25H31N3O5/c29-22-7-6-20(23(30)26-22)28-13-16-12-17(4-5-18(16)24(28)31)33-21-3-1-2-19(21)27-10-8-25(9-11-27)14-32-15-25/h4-5,12,19-21H,1-3,6-11,13-15H2,(H,26,29,30). The fourth-order valence-electron chi connectivity index (χ4n) is 6.27. The number of hydrogen-bond donors (Lipinski definition) is 1. The van der Waals surface area contributed by atoms with Crippen LogP contribution in [0.3, 0.4) is 0 Å². The summed E-state index contributed by atoms with van der Waals surface area (Å²) >= 11 is 0. The number of hydrogen-bond acceptors (Lipinski definition) is 6. The molecule has 1 saturated carbocycles. The van der Waals surface area contributed by atoms with Crippen molar-refractivity contribution in [1.29, 1.82) is 0 Å². The lowest BCUT2D eigenvalue weighted by molar-refractivity contribution is -0.144. The maximum Gasteiger partial charge on any atom is 0.255 e. The van der Waals surface area contributed by atoms with Gasteiger partial charge in [-0.15, -0.1) is 0 Å². The van der Waals surface area contributed by atoms with Crippen molar-refractivity contribution >= 4 is 17.7 Å². The summed E-state index contributed by atoms with van der Waals surface area (Å²) < 4.78 is 12.0. The summed E-state index contributed by atoms with van der Waals surface area (Å²) in [4.78, 5) is 40.9. The van der Waals surface area contributed by atoms with Gasteiger partial charge in [0.15, 0.2) is 0 Å². The molecular formula is C25H31N3O5. The summed E-state index contributed by atoms with van der Waals surface area (Å²) in [6.07, 6.45) is 6.62. The first-order chi connectivity index (χ1) is 16.0. The molecule has 33 heavy (non-hydrogen) atoms. The van der Waals surface area contributed by atoms with Crippen molar-refractivity contribution in [2.75, 3.05) is 26.3 Å². The van der Waals surface area contributed by atoms with E-state index in [1.807, 2.05) is 18.2 Å². The van der Waals surface area contributed by atoms with Crippen molar-refractivity contribution in [3.63, 3.8) is 0 Å². The minimum Gasteiger partial charge on any atom is -0.489 e. The van der Waals surface area contributed by atoms with Crippen LogP contribution in [0, 0.1) is 5.41 Å². The molecule has 5 aliphatic rings. The minimum absolute atomic E-state index is 0.146. The molecule has 1 aliphatic carbocycles. The van der Waals surface area contributed by atoms with Gasteiger partial charge in [-0.3, -0.25) is 24.6 Å². The van der Waals surface area contributed by atoms with Crippen LogP contribution in [0.15, 0.2) is 18.2 Å². The van der Waals surface area contributed by atoms with E-state index in [0.717, 1.165) is 44.0 Å². The Morgan fingerprint density at radius 2 is 1.88 bits per heavy atom. The largest absolute Gasteiger partial charge is 0.489 e. The predicted molar refractivity (Wildman–Crippen MR) is 119 cm³/mol. The molecule has 1 spiro atoms. The van der Waals surface area contributed by atoms with E-state index in [9.17, 15) is 14.4 Å². The van der Waals surface area contributed by atoms with Crippen molar-refractivity contribution in [2.24, 2.45) is 5.41 Å². The second kappa shape index (κ2) is 8.09. The number of likely N-dealkylation sites (tertiary alicyclic amines) is 1. The number of nitrogens with zero attached hydrogens (tertiary/aromatic N) is 2. The van der Waals surface area contributed by atoms with Gasteiger partial charge in [0, 0.05) is 30.0 Å². The molecule has 6 rings (SSSR count). The average Bonchev–Trinajstić information content (AvgIpc) is 3.37. The number of piperidine rings is 2. The number of amides is 3. The second-order valence-corrected chi connectivity index (χ2v) is 10.4. The maximum absolute atomic E-state index is 12.9. The Balaban J connectivity index is 1.12. The number of rotatable bonds is 4. The first-order valence-electron chi connectivity index (χ1n) is 12.3. The van der Waals surface area contributed by atoms with Gasteiger partial charge in [-0.05, 0) is 75.4 Å². The SMILES string of the molecule is O=C1CCC(N2Cc3cc(OC4CCCC4N4CCC5(CC4)COC5)ccc3C2=O)C(=O)N1. The van der Waals surface area contributed by atoms with Crippen LogP contribution in [0.5, 0.6) is 5.75 Å². The van der Waals surface area contributed by atoms with Crippen LogP contribution in [0.2, 0.25) is 0 Å². The fourth-order valence-corrected chi connectivity index (χ4v) is 6.27. The molecule has 4 heterocycles. The Bertz CT molecular complexity index is 980. The Morgan fingerprint density at radius 3 is 2.61 bits per heavy atom. The quantitative estimate of drug-likeness (QED) is 0.701. The van der Waals surface area contributed by atoms with Crippen LogP contribution in [0.1, 0.15) is 60.9 Å². The molecule has 0 bridgehead atoms. The number of carbonyl (C=O) groups excluding carboxylic acids is 3. The molecule has 4 fully saturated rings. The van der Waals surface area contributed by atoms with E-state index in [0.29, 0.717) is 30.0 Å². The summed E-state index contributed by atoms with van der Waals surface area (Å²) in [6.45, 7) is 4.47. The van der Waals surface area contributed by atoms with Crippen LogP contribution in [-0.4, -0.2) is 72.0 Å². The number of nitrogens with one attached hydrogen (secondary N) is 1. The van der Waals surface area contributed by atoms with E-state index in [1.54, 1.807) is 4.90 Å². The van der Waals surface area contributed by atoms with Gasteiger partial charge in [-0.2, -0.15) is 0 Å². The second-order valence-electron chi connectivity index (χ2n) is 10.4. The topological polar surface area (TPSA) is 88.2 Å². The molecule has 176 valence electrons. The third-order valence-electron chi connectivity index (χ3n) is 8.34. The molecule has 8 nitrogen and oxygen atoms in total. The lowest BCUT2D eigenvalue weighted by Gasteiger charge is -2.49. The molecular weight excluding hydrogens is 422 g/mol. The van der Waals surface area contributed by atoms with Crippen LogP contribution in [-0.2, 0) is 20.9 Å². The summed E-state index contributed by atoms with van der Waals surface area (Å²) in [7, 11) is 0. The first-order valence-corrected chi connectivity index (χ1v) is 12.3. The zero-order valence-electron chi connectivity index (χ0n) is 18.9. The third-order valence-corrected chi connectivity index (χ3v) is 8.34. The summed E-state index contributed by atoms with van der Waals surface area (Å²) in [5, 5.41) is 2.35. The molecule has 3 amide bonds. The fraction of sp³-hybridized carbons (Fsp3) is 0.640. The van der Waals surface area contributed by atoms with Crippen molar-refractivity contribution in [3.8, 4) is 5.75 Å². The highest BCUT2D eigenvalue weighted by Gasteiger charge is 2.44. The van der Waals surface area contributed by atoms with E-state index < -0.39 is 6.04 Å². The van der Waals surface area contributed by atoms with Crippen LogP contribution in [0.25, 0.3) is 0 Å². The van der Waals surface area contributed by atoms with Crippen molar-refractivity contribution < 1.29 is 23.9 Å². The lowest BCUT2D eigenvalue weighted by atomic mass is 9.76. The number of ether oxygens (including phenoxy) is 2. The monoisotopic (exact) mass is 453 g/mol. The number of benzene rings is 1. The molecule has 3 unspecified atom stereocenters. The van der Waals surface area contributed by atoms with Gasteiger partial charge < -0.3 is 14.4 Å². The minimum atomic E-state index is -0.588. The summed E-state index contributed by atoms with van der Waals surface area (Å²) in [5.74, 6) is -0.00183. The highest BCUT2D eigenvalue weighted by atomic mass is 16.5. The van der Waals surface area contributed by atoms with Crippen molar-refractivity contribution in [2.45, 2.75) is 69.7 Å². The van der Waals surface area contributed by atoms with Crippen molar-refractivity contribution in [3.05, 3.63) is 29.3 Å². The van der Waals surface area contributed by atoms with Gasteiger partial charge >= 0.3 is 0 Å². The van der Waals surface area contributed by atoms with E-state index in [2.05, 4.69) is 10.2 Å². The highest BCUT2D eigenvalue weighted by molar-refractivity contribution is 6.05. The molecule has 3 saturated heterocycles. The molecule has 3 atom stereocenters. The molecule has 1 aromatic carbocycles. The van der Waals surface area contributed by atoms with Gasteiger partial charge in [-0.25, -0.2) is 0 Å². The van der Waals surface area contributed by atoms with Crippen LogP contribution in [0.4, 0.5) is 0 Å². The maximum atomic E-state index is 12.9. The molecule has 0 radical (unpaired) electrons. The van der Waals surface area contributed by atoms with Crippen molar-refractivity contribution in [1.82, 2.24) is 15.1 Å². The van der Waals surface area contributed by atoms with E-state index in [1.165, 1.54) is 25.7 Å². The van der Waals surface area contributed by atoms with Gasteiger partial charge in [-0.1, -0.05) is 0 Å². The number of carbonyl (C=O) groups is 3. The first kappa shape index (κ1) is 21.1. The predicted octanol–water partition coefficient (Wildman–Crippen LogP) is 1.86. The number of imide groups is 1. The highest BCUT2D eigenvalue weighted by Crippen LogP contribution is 2.41. The lowest BCUT2D eigenvalue weighted by Crippen LogP contribution is -2.54. The smallest absolute Gasteiger partial charge is 0.255 e. The number of fused-ring (bicyclic) bond motifs is 1. The normalized spacial score (nSPS) is 31.5. The third kappa shape index (κ3) is 3.73. The van der Waals surface area contributed by atoms with Crippen LogP contribution >= 0.6 is 0 Å². The average molecular weight is 454 g/mol. The Labute approximate surface area is 193 Å². The molecule has 0 aromatic heterocycles. The Morgan fingerprint density at radius 1 is 1.06 bits per heavy atom. The van der Waals surface area contributed by atoms with E-state index >= 15 is 0 Å². The van der Waals surface area contributed by atoms with Gasteiger partial charge in [0.25, 0.3) is 5.91 Å². The molecule has 8 heteroatoms. The Hall–Kier alpha value is -2.45. The summed E-state index contributed by atoms with van der Waals surface area (Å²) in [5.41, 5.74) is 1.95. The zero-order valence-corrected chi connectivity index (χ0v) is 18.9. The molecule has 4 aliphatic heterocycles. The zero-order chi connectivity index (χ0) is 22.6. The van der Waals surface area contributed by atoms with E-state index in [-0.39, 0.29) is 30.2 Å². The summed E-state index contributed by atoms with van der Waals surface area (Å²) in [6, 6.07) is 5.53. The van der Waals surface area contributed by atoms with Gasteiger partial charge in [0.1, 0.15) is 17.9 Å². The molecule has 1 aromatic rings. The van der Waals surface area contributed by atoms with Crippen LogP contribution < -0.4 is 10.1 Å².